The molecule has 8 nitrogen and oxygen atoms in total. The number of hydrogen-bond acceptors (Lipinski definition) is 7. The highest BCUT2D eigenvalue weighted by molar-refractivity contribution is 5.93. The van der Waals surface area contributed by atoms with Gasteiger partial charge >= 0.3 is 5.97 Å². The van der Waals surface area contributed by atoms with Crippen LogP contribution in [0.4, 0.5) is 0 Å². The number of benzene rings is 1. The molecule has 0 radical (unpaired) electrons. The molecule has 0 spiro atoms. The van der Waals surface area contributed by atoms with Crippen molar-refractivity contribution in [1.82, 2.24) is 5.32 Å². The summed E-state index contributed by atoms with van der Waals surface area (Å²) in [6, 6.07) is 8.83. The predicted molar refractivity (Wildman–Crippen MR) is 111 cm³/mol. The number of hydrogen-bond donors (Lipinski definition) is 2. The van der Waals surface area contributed by atoms with E-state index in [9.17, 15) is 14.4 Å². The number of carbonyl (C=O) groups is 3. The average molecular weight is 421 g/mol. The molecule has 0 saturated carbocycles. The number of nitrogens with one attached hydrogen (secondary N) is 1. The summed E-state index contributed by atoms with van der Waals surface area (Å²) in [5, 5.41) is 2.68. The van der Waals surface area contributed by atoms with Crippen molar-refractivity contribution in [3.8, 4) is 0 Å². The summed E-state index contributed by atoms with van der Waals surface area (Å²) in [5.41, 5.74) is 7.12. The summed E-state index contributed by atoms with van der Waals surface area (Å²) in [6.45, 7) is 4.74. The van der Waals surface area contributed by atoms with Crippen LogP contribution in [0.5, 0.6) is 0 Å². The Morgan fingerprint density at radius 2 is 1.90 bits per heavy atom. The van der Waals surface area contributed by atoms with Crippen molar-refractivity contribution in [2.24, 2.45) is 11.7 Å². The minimum Gasteiger partial charge on any atom is -0.464 e. The minimum absolute atomic E-state index is 0.0711. The smallest absolute Gasteiger partial charge is 0.338 e. The lowest BCUT2D eigenvalue weighted by atomic mass is 9.94. The van der Waals surface area contributed by atoms with Gasteiger partial charge in [-0.1, -0.05) is 43.7 Å². The molecule has 3 N–H and O–H groups in total. The monoisotopic (exact) mass is 420 g/mol. The molecule has 1 fully saturated rings. The minimum atomic E-state index is -0.876. The Morgan fingerprint density at radius 1 is 1.17 bits per heavy atom. The first-order chi connectivity index (χ1) is 14.5. The Kier molecular flexibility index (Phi) is 9.93. The van der Waals surface area contributed by atoms with Crippen LogP contribution in [0.2, 0.25) is 0 Å². The zero-order chi connectivity index (χ0) is 21.9. The fourth-order valence-electron chi connectivity index (χ4n) is 3.02. The average Bonchev–Trinajstić information content (AvgIpc) is 3.54. The van der Waals surface area contributed by atoms with Gasteiger partial charge in [0.2, 0.25) is 0 Å². The van der Waals surface area contributed by atoms with Gasteiger partial charge in [0.15, 0.2) is 18.0 Å². The number of amides is 1. The second-order valence-corrected chi connectivity index (χ2v) is 7.30. The number of nitrogens with two attached hydrogens (primary N) is 1. The van der Waals surface area contributed by atoms with Gasteiger partial charge in [-0.25, -0.2) is 4.79 Å². The summed E-state index contributed by atoms with van der Waals surface area (Å²) in [5.74, 6) is -1.76. The number of carbonyl (C=O) groups excluding carboxylic acids is 3. The molecular formula is C22H32N2O6. The molecule has 1 saturated heterocycles. The van der Waals surface area contributed by atoms with Crippen LogP contribution in [0.3, 0.4) is 0 Å². The van der Waals surface area contributed by atoms with E-state index in [1.165, 1.54) is 0 Å². The lowest BCUT2D eigenvalue weighted by molar-refractivity contribution is -0.144. The van der Waals surface area contributed by atoms with Crippen LogP contribution in [0.25, 0.3) is 0 Å². The molecule has 0 unspecified atom stereocenters. The molecule has 2 rings (SSSR count). The number of unbranched alkanes of at least 4 members (excludes halogenated alkanes) is 1. The number of ether oxygens (including phenoxy) is 3. The Balaban J connectivity index is 1.89. The van der Waals surface area contributed by atoms with E-state index in [1.807, 2.05) is 30.3 Å². The van der Waals surface area contributed by atoms with Gasteiger partial charge in [0.25, 0.3) is 5.91 Å². The van der Waals surface area contributed by atoms with Gasteiger partial charge < -0.3 is 25.3 Å². The van der Waals surface area contributed by atoms with E-state index in [0.717, 1.165) is 18.4 Å². The summed E-state index contributed by atoms with van der Waals surface area (Å²) >= 11 is 0. The van der Waals surface area contributed by atoms with E-state index >= 15 is 0 Å². The molecule has 0 aromatic heterocycles. The van der Waals surface area contributed by atoms with Crippen LogP contribution in [0.1, 0.15) is 32.3 Å². The fourth-order valence-corrected chi connectivity index (χ4v) is 3.02. The molecule has 166 valence electrons. The molecular weight excluding hydrogens is 388 g/mol. The second-order valence-electron chi connectivity index (χ2n) is 7.30. The van der Waals surface area contributed by atoms with Crippen LogP contribution in [0.15, 0.2) is 30.3 Å². The van der Waals surface area contributed by atoms with Gasteiger partial charge in [0.1, 0.15) is 0 Å². The van der Waals surface area contributed by atoms with E-state index in [2.05, 4.69) is 12.2 Å². The van der Waals surface area contributed by atoms with E-state index in [0.29, 0.717) is 13.0 Å². The molecule has 1 heterocycles. The molecule has 1 aromatic rings. The lowest BCUT2D eigenvalue weighted by Crippen LogP contribution is -2.45. The molecule has 0 bridgehead atoms. The molecule has 1 aliphatic rings. The lowest BCUT2D eigenvalue weighted by Gasteiger charge is -2.20. The number of Topliss-reactive ketones (excluding diaryl/α,β-unsaturated/α-hetero) is 1. The molecule has 0 aliphatic carbocycles. The van der Waals surface area contributed by atoms with Gasteiger partial charge in [-0.2, -0.15) is 0 Å². The number of rotatable bonds is 14. The highest BCUT2D eigenvalue weighted by Crippen LogP contribution is 2.23. The largest absolute Gasteiger partial charge is 0.464 e. The SMILES string of the molecule is CCCCOC[C@H](CNC(=O)[C@H]1O[C@@H]1C(=O)OCC)C(=O)[C@@H](N)Cc1ccccc1. The Hall–Kier alpha value is -2.29. The molecule has 1 amide bonds. The van der Waals surface area contributed by atoms with E-state index in [1.54, 1.807) is 6.92 Å². The summed E-state index contributed by atoms with van der Waals surface area (Å²) in [7, 11) is 0. The summed E-state index contributed by atoms with van der Waals surface area (Å²) in [4.78, 5) is 36.8. The van der Waals surface area contributed by atoms with E-state index < -0.39 is 36.0 Å². The first-order valence-electron chi connectivity index (χ1n) is 10.5. The number of esters is 1. The zero-order valence-electron chi connectivity index (χ0n) is 17.7. The van der Waals surface area contributed by atoms with Gasteiger partial charge in [-0.05, 0) is 25.3 Å². The first-order valence-corrected chi connectivity index (χ1v) is 10.5. The van der Waals surface area contributed by atoms with Crippen LogP contribution < -0.4 is 11.1 Å². The topological polar surface area (TPSA) is 120 Å². The molecule has 8 heteroatoms. The first kappa shape index (κ1) is 24.0. The molecule has 1 aliphatic heterocycles. The maximum Gasteiger partial charge on any atom is 0.338 e. The van der Waals surface area contributed by atoms with Crippen molar-refractivity contribution >= 4 is 17.7 Å². The molecule has 4 atom stereocenters. The van der Waals surface area contributed by atoms with Crippen LogP contribution >= 0.6 is 0 Å². The highest BCUT2D eigenvalue weighted by atomic mass is 16.6. The Labute approximate surface area is 177 Å². The van der Waals surface area contributed by atoms with Gasteiger partial charge in [-0.3, -0.25) is 9.59 Å². The van der Waals surface area contributed by atoms with Crippen molar-refractivity contribution in [3.63, 3.8) is 0 Å². The Bertz CT molecular complexity index is 696. The highest BCUT2D eigenvalue weighted by Gasteiger charge is 2.51. The van der Waals surface area contributed by atoms with Crippen LogP contribution in [0, 0.1) is 5.92 Å². The normalized spacial score (nSPS) is 19.6. The molecule has 1 aromatic carbocycles. The fraction of sp³-hybridized carbons (Fsp3) is 0.591. The third kappa shape index (κ3) is 7.51. The number of epoxide rings is 1. The van der Waals surface area contributed by atoms with Crippen molar-refractivity contribution in [3.05, 3.63) is 35.9 Å². The second kappa shape index (κ2) is 12.4. The van der Waals surface area contributed by atoms with E-state index in [-0.39, 0.29) is 25.5 Å². The van der Waals surface area contributed by atoms with E-state index in [4.69, 9.17) is 19.9 Å². The van der Waals surface area contributed by atoms with Crippen molar-refractivity contribution < 1.29 is 28.6 Å². The molecule has 30 heavy (non-hydrogen) atoms. The van der Waals surface area contributed by atoms with Gasteiger partial charge in [0.05, 0.1) is 25.2 Å². The third-order valence-electron chi connectivity index (χ3n) is 4.82. The van der Waals surface area contributed by atoms with Crippen LogP contribution in [-0.4, -0.2) is 62.3 Å². The standard InChI is InChI=1S/C22H32N2O6/c1-3-5-11-28-14-16(18(25)17(23)12-15-9-7-6-8-10-15)13-24-21(26)19-20(30-19)22(27)29-4-2/h6-10,16-17,19-20H,3-5,11-14,23H2,1-2H3,(H,24,26)/t16-,17-,19-,20-/m0/s1. The number of ketones is 1. The quantitative estimate of drug-likeness (QED) is 0.262. The third-order valence-corrected chi connectivity index (χ3v) is 4.82. The summed E-state index contributed by atoms with van der Waals surface area (Å²) < 4.78 is 15.6. The zero-order valence-corrected chi connectivity index (χ0v) is 17.7. The maximum absolute atomic E-state index is 12.9. The predicted octanol–water partition coefficient (Wildman–Crippen LogP) is 1.01. The Morgan fingerprint density at radius 3 is 2.57 bits per heavy atom. The van der Waals surface area contributed by atoms with Crippen molar-refractivity contribution in [1.29, 1.82) is 0 Å². The van der Waals surface area contributed by atoms with Crippen molar-refractivity contribution in [2.45, 2.75) is 51.4 Å². The summed E-state index contributed by atoms with van der Waals surface area (Å²) in [6.07, 6.45) is 0.534. The maximum atomic E-state index is 12.9. The van der Waals surface area contributed by atoms with Gasteiger partial charge in [-0.15, -0.1) is 0 Å². The van der Waals surface area contributed by atoms with Crippen LogP contribution in [-0.2, 0) is 35.0 Å². The van der Waals surface area contributed by atoms with Crippen molar-refractivity contribution in [2.75, 3.05) is 26.4 Å². The van der Waals surface area contributed by atoms with Gasteiger partial charge in [0, 0.05) is 13.2 Å².